The highest BCUT2D eigenvalue weighted by Crippen LogP contribution is 2.29. The van der Waals surface area contributed by atoms with Crippen molar-refractivity contribution in [3.63, 3.8) is 0 Å². The quantitative estimate of drug-likeness (QED) is 0.689. The number of hydrogen-bond acceptors (Lipinski definition) is 4. The highest BCUT2D eigenvalue weighted by atomic mass is 16.5. The summed E-state index contributed by atoms with van der Waals surface area (Å²) in [5, 5.41) is 0. The van der Waals surface area contributed by atoms with Crippen molar-refractivity contribution in [3.05, 3.63) is 23.8 Å². The number of nitrogens with zero attached hydrogens (tertiary/aromatic N) is 2. The number of ether oxygens (including phenoxy) is 2. The molecule has 1 aromatic carbocycles. The molecular weight excluding hydrogens is 264 g/mol. The fourth-order valence-electron chi connectivity index (χ4n) is 2.48. The van der Waals surface area contributed by atoms with E-state index in [-0.39, 0.29) is 0 Å². The van der Waals surface area contributed by atoms with Crippen LogP contribution < -0.4 is 9.47 Å². The number of methoxy groups -OCH3 is 1. The molecule has 4 nitrogen and oxygen atoms in total. The van der Waals surface area contributed by atoms with Crippen LogP contribution in [0.3, 0.4) is 0 Å². The minimum atomic E-state index is 0.747. The first-order valence-corrected chi connectivity index (χ1v) is 7.83. The van der Waals surface area contributed by atoms with Crippen molar-refractivity contribution in [2.75, 3.05) is 33.9 Å². The average molecular weight is 290 g/mol. The van der Waals surface area contributed by atoms with E-state index in [1.54, 1.807) is 7.11 Å². The van der Waals surface area contributed by atoms with Gasteiger partial charge in [-0.3, -0.25) is 4.99 Å². The van der Waals surface area contributed by atoms with Gasteiger partial charge in [-0.1, -0.05) is 26.2 Å². The van der Waals surface area contributed by atoms with Crippen LogP contribution in [0.5, 0.6) is 11.5 Å². The predicted molar refractivity (Wildman–Crippen MR) is 86.7 cm³/mol. The molecule has 1 aliphatic heterocycles. The van der Waals surface area contributed by atoms with Crippen molar-refractivity contribution >= 4 is 5.84 Å². The molecule has 1 aromatic rings. The van der Waals surface area contributed by atoms with Gasteiger partial charge in [0, 0.05) is 19.2 Å². The van der Waals surface area contributed by atoms with E-state index in [2.05, 4.69) is 29.9 Å². The first-order valence-electron chi connectivity index (χ1n) is 7.83. The maximum absolute atomic E-state index is 5.84. The molecule has 1 heterocycles. The summed E-state index contributed by atoms with van der Waals surface area (Å²) < 4.78 is 11.3. The van der Waals surface area contributed by atoms with Crippen molar-refractivity contribution in [1.29, 1.82) is 0 Å². The largest absolute Gasteiger partial charge is 0.493 e. The summed E-state index contributed by atoms with van der Waals surface area (Å²) in [4.78, 5) is 6.70. The number of benzene rings is 1. The summed E-state index contributed by atoms with van der Waals surface area (Å²) in [5.41, 5.74) is 1.09. The molecule has 0 fully saturated rings. The van der Waals surface area contributed by atoms with Gasteiger partial charge in [0.1, 0.15) is 5.84 Å². The van der Waals surface area contributed by atoms with Crippen LogP contribution in [0.4, 0.5) is 0 Å². The van der Waals surface area contributed by atoms with Crippen molar-refractivity contribution in [3.8, 4) is 11.5 Å². The molecule has 0 radical (unpaired) electrons. The second-order valence-electron chi connectivity index (χ2n) is 5.40. The summed E-state index contributed by atoms with van der Waals surface area (Å²) in [7, 11) is 3.75. The second kappa shape index (κ2) is 7.91. The molecule has 0 aliphatic carbocycles. The molecule has 0 N–H and O–H groups in total. The van der Waals surface area contributed by atoms with Gasteiger partial charge in [0.2, 0.25) is 0 Å². The molecule has 116 valence electrons. The van der Waals surface area contributed by atoms with E-state index in [9.17, 15) is 0 Å². The Kier molecular flexibility index (Phi) is 5.90. The smallest absolute Gasteiger partial charge is 0.161 e. The Hall–Kier alpha value is -1.71. The summed E-state index contributed by atoms with van der Waals surface area (Å²) in [6, 6.07) is 6.06. The van der Waals surface area contributed by atoms with Crippen LogP contribution >= 0.6 is 0 Å². The van der Waals surface area contributed by atoms with Gasteiger partial charge in [-0.05, 0) is 24.6 Å². The van der Waals surface area contributed by atoms with Gasteiger partial charge in [-0.15, -0.1) is 0 Å². The van der Waals surface area contributed by atoms with Crippen molar-refractivity contribution in [1.82, 2.24) is 4.90 Å². The topological polar surface area (TPSA) is 34.1 Å². The Labute approximate surface area is 127 Å². The number of rotatable bonds is 8. The molecule has 4 heteroatoms. The Balaban J connectivity index is 1.99. The summed E-state index contributed by atoms with van der Waals surface area (Å²) in [6.45, 7) is 4.80. The molecule has 2 rings (SSSR count). The standard InChI is InChI=1S/C17H26N2O2/c1-4-5-6-7-12-21-15-9-8-14(13-16(15)20-3)17-18-10-11-19(17)2/h8-9,13H,4-7,10-12H2,1-3H3. The average Bonchev–Trinajstić information content (AvgIpc) is 2.93. The molecule has 1 aliphatic rings. The second-order valence-corrected chi connectivity index (χ2v) is 5.40. The molecule has 0 aromatic heterocycles. The van der Waals surface area contributed by atoms with Gasteiger partial charge in [-0.25, -0.2) is 0 Å². The third-order valence-corrected chi connectivity index (χ3v) is 3.74. The van der Waals surface area contributed by atoms with E-state index in [0.29, 0.717) is 0 Å². The third kappa shape index (κ3) is 4.13. The lowest BCUT2D eigenvalue weighted by molar-refractivity contribution is 0.285. The van der Waals surface area contributed by atoms with Gasteiger partial charge in [0.05, 0.1) is 20.3 Å². The minimum absolute atomic E-state index is 0.747. The first kappa shape index (κ1) is 15.7. The van der Waals surface area contributed by atoms with Gasteiger partial charge in [0.15, 0.2) is 11.5 Å². The van der Waals surface area contributed by atoms with Crippen molar-refractivity contribution < 1.29 is 9.47 Å². The van der Waals surface area contributed by atoms with Crippen LogP contribution in [0.2, 0.25) is 0 Å². The Morgan fingerprint density at radius 1 is 1.19 bits per heavy atom. The lowest BCUT2D eigenvalue weighted by Crippen LogP contribution is -2.23. The number of unbranched alkanes of at least 4 members (excludes halogenated alkanes) is 3. The molecule has 21 heavy (non-hydrogen) atoms. The molecule has 0 saturated heterocycles. The highest BCUT2D eigenvalue weighted by Gasteiger charge is 2.16. The zero-order chi connectivity index (χ0) is 15.1. The minimum Gasteiger partial charge on any atom is -0.493 e. The van der Waals surface area contributed by atoms with Gasteiger partial charge < -0.3 is 14.4 Å². The number of hydrogen-bond donors (Lipinski definition) is 0. The van der Waals surface area contributed by atoms with E-state index in [1.807, 2.05) is 12.1 Å². The predicted octanol–water partition coefficient (Wildman–Crippen LogP) is 3.35. The fraction of sp³-hybridized carbons (Fsp3) is 0.588. The molecule has 0 amide bonds. The van der Waals surface area contributed by atoms with Crippen LogP contribution in [-0.4, -0.2) is 44.6 Å². The lowest BCUT2D eigenvalue weighted by atomic mass is 10.1. The lowest BCUT2D eigenvalue weighted by Gasteiger charge is -2.16. The van der Waals surface area contributed by atoms with Crippen LogP contribution in [0.15, 0.2) is 23.2 Å². The number of aliphatic imine (C=N–C) groups is 1. The zero-order valence-corrected chi connectivity index (χ0v) is 13.4. The van der Waals surface area contributed by atoms with Crippen molar-refractivity contribution in [2.24, 2.45) is 4.99 Å². The molecule has 0 spiro atoms. The molecule has 0 bridgehead atoms. The van der Waals surface area contributed by atoms with Crippen LogP contribution in [0.25, 0.3) is 0 Å². The molecule has 0 saturated carbocycles. The van der Waals surface area contributed by atoms with E-state index in [1.165, 1.54) is 19.3 Å². The summed E-state index contributed by atoms with van der Waals surface area (Å²) >= 11 is 0. The molecule has 0 atom stereocenters. The van der Waals surface area contributed by atoms with Crippen molar-refractivity contribution in [2.45, 2.75) is 32.6 Å². The van der Waals surface area contributed by atoms with Crippen LogP contribution in [-0.2, 0) is 0 Å². The molecular formula is C17H26N2O2. The van der Waals surface area contributed by atoms with E-state index in [0.717, 1.165) is 49.0 Å². The van der Waals surface area contributed by atoms with E-state index in [4.69, 9.17) is 9.47 Å². The van der Waals surface area contributed by atoms with Gasteiger partial charge >= 0.3 is 0 Å². The maximum Gasteiger partial charge on any atom is 0.161 e. The molecule has 0 unspecified atom stereocenters. The van der Waals surface area contributed by atoms with Gasteiger partial charge in [0.25, 0.3) is 0 Å². The van der Waals surface area contributed by atoms with Crippen LogP contribution in [0.1, 0.15) is 38.2 Å². The monoisotopic (exact) mass is 290 g/mol. The number of amidine groups is 1. The van der Waals surface area contributed by atoms with Crippen LogP contribution in [0, 0.1) is 0 Å². The Bertz CT molecular complexity index is 486. The zero-order valence-electron chi connectivity index (χ0n) is 13.4. The normalized spacial score (nSPS) is 14.2. The fourth-order valence-corrected chi connectivity index (χ4v) is 2.48. The maximum atomic E-state index is 5.84. The van der Waals surface area contributed by atoms with Gasteiger partial charge in [-0.2, -0.15) is 0 Å². The highest BCUT2D eigenvalue weighted by molar-refractivity contribution is 6.00. The SMILES string of the molecule is CCCCCCOc1ccc(C2=NCCN2C)cc1OC. The first-order chi connectivity index (χ1) is 10.3. The van der Waals surface area contributed by atoms with E-state index < -0.39 is 0 Å². The number of likely N-dealkylation sites (N-methyl/N-ethyl adjacent to an activating group) is 1. The Morgan fingerprint density at radius 2 is 2.05 bits per heavy atom. The third-order valence-electron chi connectivity index (χ3n) is 3.74. The Morgan fingerprint density at radius 3 is 2.71 bits per heavy atom. The van der Waals surface area contributed by atoms with E-state index >= 15 is 0 Å². The summed E-state index contributed by atoms with van der Waals surface area (Å²) in [6.07, 6.45) is 4.83. The summed E-state index contributed by atoms with van der Waals surface area (Å²) in [5.74, 6) is 2.63.